The maximum atomic E-state index is 13.2. The van der Waals surface area contributed by atoms with Crippen molar-refractivity contribution in [3.63, 3.8) is 0 Å². The van der Waals surface area contributed by atoms with E-state index in [0.29, 0.717) is 48.8 Å². The monoisotopic (exact) mass is 474 g/mol. The van der Waals surface area contributed by atoms with Crippen LogP contribution in [-0.2, 0) is 21.6 Å². The number of anilines is 2. The molecule has 33 heavy (non-hydrogen) atoms. The Morgan fingerprint density at radius 1 is 1.21 bits per heavy atom. The molecule has 1 N–H and O–H groups in total. The molecule has 0 amide bonds. The minimum absolute atomic E-state index is 0.103. The highest BCUT2D eigenvalue weighted by molar-refractivity contribution is 7.91. The Balaban J connectivity index is 1.83. The van der Waals surface area contributed by atoms with Gasteiger partial charge in [0.15, 0.2) is 6.01 Å². The Hall–Kier alpha value is -2.98. The Labute approximate surface area is 191 Å². The maximum absolute atomic E-state index is 13.2. The van der Waals surface area contributed by atoms with E-state index < -0.39 is 21.9 Å². The molecule has 0 aliphatic carbocycles. The molecule has 0 spiro atoms. The molecule has 1 aromatic heterocycles. The second-order valence-corrected chi connectivity index (χ2v) is 10.1. The average molecular weight is 475 g/mol. The van der Waals surface area contributed by atoms with Crippen LogP contribution in [0.1, 0.15) is 24.1 Å². The lowest BCUT2D eigenvalue weighted by atomic mass is 10.0. The normalized spacial score (nSPS) is 15.6. The number of aryl methyl sites for hydroxylation is 1. The lowest BCUT2D eigenvalue weighted by Gasteiger charge is -2.29. The molecule has 1 saturated heterocycles. The molecular formula is C23H27FN4O4S. The summed E-state index contributed by atoms with van der Waals surface area (Å²) in [5, 5.41) is 3.68. The van der Waals surface area contributed by atoms with Crippen molar-refractivity contribution in [2.45, 2.75) is 24.8 Å². The van der Waals surface area contributed by atoms with Gasteiger partial charge < -0.3 is 15.0 Å². The zero-order valence-electron chi connectivity index (χ0n) is 18.8. The highest BCUT2D eigenvalue weighted by atomic mass is 32.2. The SMILES string of the molecule is Cc1cc([C@@H](C)Nc2ccccc2S(=O)(=O)CF)c2nc(N3CCOCC3)n(C)c(=O)c2c1. The Morgan fingerprint density at radius 2 is 1.91 bits per heavy atom. The van der Waals surface area contributed by atoms with E-state index in [1.807, 2.05) is 30.9 Å². The van der Waals surface area contributed by atoms with E-state index in [2.05, 4.69) is 5.32 Å². The summed E-state index contributed by atoms with van der Waals surface area (Å²) in [5.41, 5.74) is 2.34. The van der Waals surface area contributed by atoms with Gasteiger partial charge in [-0.15, -0.1) is 0 Å². The number of para-hydroxylation sites is 1. The van der Waals surface area contributed by atoms with Crippen LogP contribution in [0, 0.1) is 6.92 Å². The predicted molar refractivity (Wildman–Crippen MR) is 126 cm³/mol. The summed E-state index contributed by atoms with van der Waals surface area (Å²) in [4.78, 5) is 20.0. The fourth-order valence-corrected chi connectivity index (χ4v) is 5.01. The first-order valence-electron chi connectivity index (χ1n) is 10.7. The second-order valence-electron chi connectivity index (χ2n) is 8.21. The second kappa shape index (κ2) is 9.11. The van der Waals surface area contributed by atoms with Gasteiger partial charge in [-0.05, 0) is 37.6 Å². The molecule has 2 aromatic carbocycles. The van der Waals surface area contributed by atoms with Crippen LogP contribution in [0.15, 0.2) is 46.1 Å². The number of alkyl halides is 1. The van der Waals surface area contributed by atoms with Crippen molar-refractivity contribution in [2.24, 2.45) is 7.05 Å². The van der Waals surface area contributed by atoms with Crippen LogP contribution in [-0.4, -0.2) is 50.3 Å². The van der Waals surface area contributed by atoms with Gasteiger partial charge in [0.25, 0.3) is 5.56 Å². The van der Waals surface area contributed by atoms with Crippen molar-refractivity contribution in [1.29, 1.82) is 0 Å². The van der Waals surface area contributed by atoms with Crippen LogP contribution in [0.25, 0.3) is 10.9 Å². The smallest absolute Gasteiger partial charge is 0.262 e. The standard InChI is InChI=1S/C23H27FN4O4S/c1-15-12-17(16(2)25-19-6-4-5-7-20(19)33(30,31)14-24)21-18(13-15)22(29)27(3)23(26-21)28-8-10-32-11-9-28/h4-7,12-13,16,25H,8-11,14H2,1-3H3/t16-/m1/s1. The third-order valence-corrected chi connectivity index (χ3v) is 7.14. The van der Waals surface area contributed by atoms with Crippen molar-refractivity contribution < 1.29 is 17.5 Å². The Bertz CT molecular complexity index is 1350. The zero-order chi connectivity index (χ0) is 23.8. The summed E-state index contributed by atoms with van der Waals surface area (Å²) < 4.78 is 44.6. The number of morpholine rings is 1. The van der Waals surface area contributed by atoms with Crippen LogP contribution >= 0.6 is 0 Å². The quantitative estimate of drug-likeness (QED) is 0.587. The number of rotatable bonds is 6. The van der Waals surface area contributed by atoms with Gasteiger partial charge in [0, 0.05) is 25.7 Å². The van der Waals surface area contributed by atoms with Gasteiger partial charge in [0.2, 0.25) is 15.8 Å². The minimum atomic E-state index is -4.06. The molecule has 176 valence electrons. The number of nitrogens with one attached hydrogen (secondary N) is 1. The molecule has 2 heterocycles. The zero-order valence-corrected chi connectivity index (χ0v) is 19.7. The summed E-state index contributed by atoms with van der Waals surface area (Å²) >= 11 is 0. The molecule has 1 atom stereocenters. The number of sulfone groups is 1. The van der Waals surface area contributed by atoms with Crippen LogP contribution in [0.4, 0.5) is 16.0 Å². The van der Waals surface area contributed by atoms with Gasteiger partial charge >= 0.3 is 0 Å². The van der Waals surface area contributed by atoms with E-state index in [4.69, 9.17) is 9.72 Å². The van der Waals surface area contributed by atoms with E-state index in [-0.39, 0.29) is 10.5 Å². The van der Waals surface area contributed by atoms with Crippen LogP contribution in [0.3, 0.4) is 0 Å². The fraction of sp³-hybridized carbons (Fsp3) is 0.391. The first kappa shape index (κ1) is 23.2. The van der Waals surface area contributed by atoms with E-state index >= 15 is 0 Å². The van der Waals surface area contributed by atoms with Gasteiger partial charge in [-0.2, -0.15) is 0 Å². The van der Waals surface area contributed by atoms with Gasteiger partial charge in [-0.25, -0.2) is 17.8 Å². The first-order chi connectivity index (χ1) is 15.7. The lowest BCUT2D eigenvalue weighted by Crippen LogP contribution is -2.40. The van der Waals surface area contributed by atoms with E-state index in [1.54, 1.807) is 29.8 Å². The van der Waals surface area contributed by atoms with E-state index in [1.165, 1.54) is 6.07 Å². The largest absolute Gasteiger partial charge is 0.378 e. The van der Waals surface area contributed by atoms with E-state index in [0.717, 1.165) is 11.1 Å². The topological polar surface area (TPSA) is 93.5 Å². The lowest BCUT2D eigenvalue weighted by molar-refractivity contribution is 0.121. The molecule has 1 aliphatic heterocycles. The molecule has 1 aliphatic rings. The van der Waals surface area contributed by atoms with Crippen molar-refractivity contribution in [3.8, 4) is 0 Å². The third kappa shape index (κ3) is 4.45. The first-order valence-corrected chi connectivity index (χ1v) is 12.4. The number of hydrogen-bond donors (Lipinski definition) is 1. The molecule has 3 aromatic rings. The number of nitrogens with zero attached hydrogens (tertiary/aromatic N) is 3. The van der Waals surface area contributed by atoms with Crippen molar-refractivity contribution >= 4 is 32.4 Å². The highest BCUT2D eigenvalue weighted by Crippen LogP contribution is 2.30. The number of hydrogen-bond acceptors (Lipinski definition) is 7. The van der Waals surface area contributed by atoms with Gasteiger partial charge in [0.05, 0.1) is 40.7 Å². The van der Waals surface area contributed by atoms with Crippen molar-refractivity contribution in [1.82, 2.24) is 9.55 Å². The number of benzene rings is 2. The number of fused-ring (bicyclic) bond motifs is 1. The van der Waals surface area contributed by atoms with Crippen LogP contribution in [0.5, 0.6) is 0 Å². The molecule has 4 rings (SSSR count). The molecule has 0 saturated carbocycles. The fourth-order valence-electron chi connectivity index (χ4n) is 4.14. The van der Waals surface area contributed by atoms with Gasteiger partial charge in [-0.3, -0.25) is 9.36 Å². The molecule has 0 unspecified atom stereocenters. The average Bonchev–Trinajstić information content (AvgIpc) is 2.82. The molecule has 10 heteroatoms. The molecule has 1 fully saturated rings. The van der Waals surface area contributed by atoms with Crippen molar-refractivity contribution in [3.05, 3.63) is 57.9 Å². The summed E-state index contributed by atoms with van der Waals surface area (Å²) in [7, 11) is -2.35. The molecular weight excluding hydrogens is 447 g/mol. The number of aromatic nitrogens is 2. The predicted octanol–water partition coefficient (Wildman–Crippen LogP) is 2.95. The summed E-state index contributed by atoms with van der Waals surface area (Å²) in [6, 6.07) is 8.08. The number of halogens is 1. The van der Waals surface area contributed by atoms with E-state index in [9.17, 15) is 17.6 Å². The molecule has 0 bridgehead atoms. The molecule has 8 nitrogen and oxygen atoms in total. The van der Waals surface area contributed by atoms with Crippen LogP contribution in [0.2, 0.25) is 0 Å². The Morgan fingerprint density at radius 3 is 2.61 bits per heavy atom. The summed E-state index contributed by atoms with van der Waals surface area (Å²) in [6.45, 7) is 6.15. The van der Waals surface area contributed by atoms with Crippen LogP contribution < -0.4 is 15.8 Å². The highest BCUT2D eigenvalue weighted by Gasteiger charge is 2.23. The number of ether oxygens (including phenoxy) is 1. The maximum Gasteiger partial charge on any atom is 0.262 e. The van der Waals surface area contributed by atoms with Gasteiger partial charge in [-0.1, -0.05) is 18.2 Å². The third-order valence-electron chi connectivity index (χ3n) is 5.83. The minimum Gasteiger partial charge on any atom is -0.378 e. The molecule has 0 radical (unpaired) electrons. The Kier molecular flexibility index (Phi) is 6.40. The van der Waals surface area contributed by atoms with Crippen molar-refractivity contribution in [2.75, 3.05) is 42.5 Å². The summed E-state index contributed by atoms with van der Waals surface area (Å²) in [6.07, 6.45) is 0. The summed E-state index contributed by atoms with van der Waals surface area (Å²) in [5.74, 6) is 0.563. The van der Waals surface area contributed by atoms with Gasteiger partial charge in [0.1, 0.15) is 0 Å².